The monoisotopic (exact) mass is 260 g/mol. The summed E-state index contributed by atoms with van der Waals surface area (Å²) >= 11 is 0. The fourth-order valence-electron chi connectivity index (χ4n) is 1.81. The van der Waals surface area contributed by atoms with E-state index in [0.717, 1.165) is 17.5 Å². The molecular formula is C14H16N2O3. The molecule has 19 heavy (non-hydrogen) atoms. The minimum atomic E-state index is -0.840. The van der Waals surface area contributed by atoms with Gasteiger partial charge in [0.25, 0.3) is 0 Å². The van der Waals surface area contributed by atoms with Gasteiger partial charge in [0.2, 0.25) is 0 Å². The quantitative estimate of drug-likeness (QED) is 0.858. The first-order valence-corrected chi connectivity index (χ1v) is 6.04. The summed E-state index contributed by atoms with van der Waals surface area (Å²) in [7, 11) is 1.87. The molecule has 1 aromatic carbocycles. The van der Waals surface area contributed by atoms with Gasteiger partial charge in [0.15, 0.2) is 0 Å². The Balaban J connectivity index is 1.87. The largest absolute Gasteiger partial charge is 0.493 e. The Morgan fingerprint density at radius 2 is 2.26 bits per heavy atom. The Kier molecular flexibility index (Phi) is 4.18. The molecule has 1 aromatic heterocycles. The van der Waals surface area contributed by atoms with Gasteiger partial charge in [-0.2, -0.15) is 5.10 Å². The first kappa shape index (κ1) is 13.1. The van der Waals surface area contributed by atoms with Crippen molar-refractivity contribution in [2.75, 3.05) is 6.61 Å². The van der Waals surface area contributed by atoms with Gasteiger partial charge in [-0.25, -0.2) is 0 Å². The first-order chi connectivity index (χ1) is 9.13. The maximum Gasteiger partial charge on any atom is 0.307 e. The molecule has 0 saturated heterocycles. The second-order valence-corrected chi connectivity index (χ2v) is 4.34. The number of aryl methyl sites for hydroxylation is 1. The highest BCUT2D eigenvalue weighted by atomic mass is 16.5. The molecule has 0 amide bonds. The minimum absolute atomic E-state index is 0.0137. The summed E-state index contributed by atoms with van der Waals surface area (Å²) in [6, 6.07) is 7.17. The van der Waals surface area contributed by atoms with Crippen molar-refractivity contribution in [3.8, 4) is 5.75 Å². The zero-order valence-corrected chi connectivity index (χ0v) is 10.7. The summed E-state index contributed by atoms with van der Waals surface area (Å²) in [4.78, 5) is 10.6. The zero-order chi connectivity index (χ0) is 13.7. The first-order valence-electron chi connectivity index (χ1n) is 6.04. The van der Waals surface area contributed by atoms with Crippen LogP contribution in [0.15, 0.2) is 36.7 Å². The van der Waals surface area contributed by atoms with Crippen molar-refractivity contribution >= 4 is 5.97 Å². The molecule has 0 unspecified atom stereocenters. The van der Waals surface area contributed by atoms with Crippen molar-refractivity contribution < 1.29 is 14.6 Å². The van der Waals surface area contributed by atoms with Gasteiger partial charge >= 0.3 is 5.97 Å². The number of aliphatic carboxylic acids is 1. The van der Waals surface area contributed by atoms with E-state index in [1.165, 1.54) is 0 Å². The lowest BCUT2D eigenvalue weighted by Gasteiger charge is -2.06. The van der Waals surface area contributed by atoms with Gasteiger partial charge in [-0.1, -0.05) is 12.1 Å². The highest BCUT2D eigenvalue weighted by Crippen LogP contribution is 2.14. The molecule has 0 aliphatic rings. The van der Waals surface area contributed by atoms with E-state index in [4.69, 9.17) is 9.84 Å². The van der Waals surface area contributed by atoms with Crippen LogP contribution in [0.4, 0.5) is 0 Å². The van der Waals surface area contributed by atoms with Crippen LogP contribution in [0.1, 0.15) is 11.1 Å². The molecule has 2 rings (SSSR count). The average Bonchev–Trinajstić information content (AvgIpc) is 2.75. The number of hydrogen-bond donors (Lipinski definition) is 1. The van der Waals surface area contributed by atoms with E-state index in [1.807, 2.05) is 25.5 Å². The molecule has 1 N–H and O–H groups in total. The second-order valence-electron chi connectivity index (χ2n) is 4.34. The van der Waals surface area contributed by atoms with E-state index < -0.39 is 5.97 Å². The predicted octanol–water partition coefficient (Wildman–Crippen LogP) is 1.67. The summed E-state index contributed by atoms with van der Waals surface area (Å²) < 4.78 is 7.36. The molecule has 0 radical (unpaired) electrons. The fraction of sp³-hybridized carbons (Fsp3) is 0.286. The normalized spacial score (nSPS) is 10.4. The summed E-state index contributed by atoms with van der Waals surface area (Å²) in [6.07, 6.45) is 4.55. The Hall–Kier alpha value is -2.30. The smallest absolute Gasteiger partial charge is 0.307 e. The van der Waals surface area contributed by atoms with Gasteiger partial charge in [-0.3, -0.25) is 9.48 Å². The number of aromatic nitrogens is 2. The number of carboxylic acid groups (broad SMARTS) is 1. The van der Waals surface area contributed by atoms with E-state index in [1.54, 1.807) is 22.9 Å². The van der Waals surface area contributed by atoms with Crippen molar-refractivity contribution in [1.29, 1.82) is 0 Å². The summed E-state index contributed by atoms with van der Waals surface area (Å²) in [5.74, 6) is -0.143. The standard InChI is InChI=1S/C14H16N2O3/c1-16-10-12(9-15-16)5-6-19-13-4-2-3-11(7-13)8-14(17)18/h2-4,7,9-10H,5-6,8H2,1H3,(H,17,18). The van der Waals surface area contributed by atoms with E-state index in [2.05, 4.69) is 5.10 Å². The van der Waals surface area contributed by atoms with Crippen molar-refractivity contribution in [2.45, 2.75) is 12.8 Å². The molecule has 0 aliphatic heterocycles. The van der Waals surface area contributed by atoms with Crippen LogP contribution in [-0.2, 0) is 24.7 Å². The Morgan fingerprint density at radius 3 is 2.95 bits per heavy atom. The molecule has 5 nitrogen and oxygen atoms in total. The van der Waals surface area contributed by atoms with Crippen LogP contribution in [0, 0.1) is 0 Å². The van der Waals surface area contributed by atoms with Crippen molar-refractivity contribution in [3.05, 3.63) is 47.8 Å². The van der Waals surface area contributed by atoms with Crippen LogP contribution in [0.3, 0.4) is 0 Å². The minimum Gasteiger partial charge on any atom is -0.493 e. The van der Waals surface area contributed by atoms with Gasteiger partial charge < -0.3 is 9.84 Å². The number of benzene rings is 1. The lowest BCUT2D eigenvalue weighted by molar-refractivity contribution is -0.136. The van der Waals surface area contributed by atoms with Crippen molar-refractivity contribution in [1.82, 2.24) is 9.78 Å². The van der Waals surface area contributed by atoms with Gasteiger partial charge in [0.1, 0.15) is 5.75 Å². The van der Waals surface area contributed by atoms with Crippen molar-refractivity contribution in [2.24, 2.45) is 7.05 Å². The molecule has 0 spiro atoms. The molecule has 2 aromatic rings. The van der Waals surface area contributed by atoms with Crippen LogP contribution in [0.25, 0.3) is 0 Å². The number of nitrogens with zero attached hydrogens (tertiary/aromatic N) is 2. The summed E-state index contributed by atoms with van der Waals surface area (Å²) in [6.45, 7) is 0.544. The van der Waals surface area contributed by atoms with Gasteiger partial charge in [0, 0.05) is 19.7 Å². The van der Waals surface area contributed by atoms with E-state index in [9.17, 15) is 4.79 Å². The number of carboxylic acids is 1. The number of ether oxygens (including phenoxy) is 1. The number of carbonyl (C=O) groups is 1. The molecule has 0 aliphatic carbocycles. The second kappa shape index (κ2) is 6.04. The van der Waals surface area contributed by atoms with Gasteiger partial charge in [0.05, 0.1) is 19.2 Å². The fourth-order valence-corrected chi connectivity index (χ4v) is 1.81. The Labute approximate surface area is 111 Å². The molecule has 0 atom stereocenters. The van der Waals surface area contributed by atoms with Crippen LogP contribution < -0.4 is 4.74 Å². The summed E-state index contributed by atoms with van der Waals surface area (Å²) in [5.41, 5.74) is 1.86. The maximum atomic E-state index is 10.6. The number of rotatable bonds is 6. The maximum absolute atomic E-state index is 10.6. The molecule has 0 saturated carbocycles. The highest BCUT2D eigenvalue weighted by Gasteiger charge is 2.02. The van der Waals surface area contributed by atoms with Gasteiger partial charge in [-0.05, 0) is 23.3 Å². The molecule has 0 bridgehead atoms. The van der Waals surface area contributed by atoms with E-state index in [0.29, 0.717) is 12.4 Å². The lowest BCUT2D eigenvalue weighted by Crippen LogP contribution is -2.03. The average molecular weight is 260 g/mol. The predicted molar refractivity (Wildman–Crippen MR) is 70.2 cm³/mol. The molecule has 100 valence electrons. The molecule has 1 heterocycles. The third-order valence-corrected chi connectivity index (χ3v) is 2.67. The molecular weight excluding hydrogens is 244 g/mol. The Bertz CT molecular complexity index is 563. The van der Waals surface area contributed by atoms with Crippen LogP contribution in [0.2, 0.25) is 0 Å². The van der Waals surface area contributed by atoms with Gasteiger partial charge in [-0.15, -0.1) is 0 Å². The third kappa shape index (κ3) is 4.13. The third-order valence-electron chi connectivity index (χ3n) is 2.67. The molecule has 0 fully saturated rings. The van der Waals surface area contributed by atoms with Crippen LogP contribution in [-0.4, -0.2) is 27.5 Å². The van der Waals surface area contributed by atoms with Crippen LogP contribution >= 0.6 is 0 Å². The Morgan fingerprint density at radius 1 is 1.42 bits per heavy atom. The van der Waals surface area contributed by atoms with Crippen LogP contribution in [0.5, 0.6) is 5.75 Å². The topological polar surface area (TPSA) is 64.3 Å². The van der Waals surface area contributed by atoms with Crippen molar-refractivity contribution in [3.63, 3.8) is 0 Å². The van der Waals surface area contributed by atoms with E-state index >= 15 is 0 Å². The molecule has 5 heteroatoms. The zero-order valence-electron chi connectivity index (χ0n) is 10.7. The number of hydrogen-bond acceptors (Lipinski definition) is 3. The summed E-state index contributed by atoms with van der Waals surface area (Å²) in [5, 5.41) is 12.8. The highest BCUT2D eigenvalue weighted by molar-refractivity contribution is 5.70. The SMILES string of the molecule is Cn1cc(CCOc2cccc(CC(=O)O)c2)cn1. The lowest BCUT2D eigenvalue weighted by atomic mass is 10.1. The van der Waals surface area contributed by atoms with E-state index in [-0.39, 0.29) is 6.42 Å².